The number of fused-ring (bicyclic) bond motifs is 1. The van der Waals surface area contributed by atoms with Gasteiger partial charge in [0.1, 0.15) is 5.82 Å². The number of ether oxygens (including phenoxy) is 2. The number of carbonyl (C=O) groups excluding carboxylic acids is 1. The summed E-state index contributed by atoms with van der Waals surface area (Å²) in [4.78, 5) is 21.7. The maximum absolute atomic E-state index is 12.7. The molecule has 4 heterocycles. The van der Waals surface area contributed by atoms with Crippen molar-refractivity contribution in [2.24, 2.45) is 5.92 Å². The van der Waals surface area contributed by atoms with Crippen LogP contribution in [0, 0.1) is 5.92 Å². The van der Waals surface area contributed by atoms with Gasteiger partial charge in [-0.25, -0.2) is 4.98 Å². The van der Waals surface area contributed by atoms with E-state index in [1.165, 1.54) is 0 Å². The van der Waals surface area contributed by atoms with Gasteiger partial charge in [-0.3, -0.25) is 9.69 Å². The Hall–Kier alpha value is -1.97. The van der Waals surface area contributed by atoms with Gasteiger partial charge in [0.15, 0.2) is 0 Å². The van der Waals surface area contributed by atoms with Crippen LogP contribution in [0.25, 0.3) is 10.8 Å². The quantitative estimate of drug-likeness (QED) is 0.684. The van der Waals surface area contributed by atoms with Crippen molar-refractivity contribution in [1.29, 1.82) is 0 Å². The summed E-state index contributed by atoms with van der Waals surface area (Å²) < 4.78 is 11.2. The van der Waals surface area contributed by atoms with Crippen LogP contribution in [0.2, 0.25) is 5.02 Å². The topological polar surface area (TPSA) is 87.2 Å². The van der Waals surface area contributed by atoms with E-state index in [9.17, 15) is 9.90 Å². The molecule has 1 aromatic carbocycles. The van der Waals surface area contributed by atoms with Gasteiger partial charge in [0, 0.05) is 37.8 Å². The van der Waals surface area contributed by atoms with Gasteiger partial charge >= 0.3 is 0 Å². The summed E-state index contributed by atoms with van der Waals surface area (Å²) in [6.07, 6.45) is 1.97. The molecule has 5 rings (SSSR count). The summed E-state index contributed by atoms with van der Waals surface area (Å²) in [5.74, 6) is 0.299. The number of aromatic nitrogens is 1. The Morgan fingerprint density at radius 1 is 1.15 bits per heavy atom. The molecule has 184 valence electrons. The number of anilines is 2. The number of rotatable bonds is 4. The Balaban J connectivity index is 1.30. The van der Waals surface area contributed by atoms with E-state index < -0.39 is 6.10 Å². The molecule has 8 nitrogen and oxygen atoms in total. The first kappa shape index (κ1) is 23.8. The summed E-state index contributed by atoms with van der Waals surface area (Å²) in [6.45, 7) is 10.7. The van der Waals surface area contributed by atoms with Crippen LogP contribution < -0.4 is 10.2 Å². The predicted octanol–water partition coefficient (Wildman–Crippen LogP) is 2.91. The first-order chi connectivity index (χ1) is 16.1. The normalized spacial score (nSPS) is 29.6. The van der Waals surface area contributed by atoms with E-state index in [0.717, 1.165) is 42.6 Å². The van der Waals surface area contributed by atoms with Crippen LogP contribution in [-0.4, -0.2) is 84.1 Å². The molecule has 3 aliphatic heterocycles. The minimum atomic E-state index is -0.466. The van der Waals surface area contributed by atoms with E-state index in [2.05, 4.69) is 33.1 Å². The zero-order valence-corrected chi connectivity index (χ0v) is 20.8. The summed E-state index contributed by atoms with van der Waals surface area (Å²) in [5.41, 5.74) is 0.364. The Labute approximate surface area is 205 Å². The number of pyridine rings is 1. The molecule has 1 amide bonds. The molecule has 0 saturated carbocycles. The van der Waals surface area contributed by atoms with Crippen molar-refractivity contribution in [2.75, 3.05) is 56.2 Å². The van der Waals surface area contributed by atoms with Crippen molar-refractivity contribution < 1.29 is 19.4 Å². The van der Waals surface area contributed by atoms with Crippen LogP contribution in [-0.2, 0) is 14.3 Å². The van der Waals surface area contributed by atoms with Crippen LogP contribution in [0.5, 0.6) is 0 Å². The third-order valence-corrected chi connectivity index (χ3v) is 7.86. The van der Waals surface area contributed by atoms with Gasteiger partial charge in [-0.15, -0.1) is 0 Å². The monoisotopic (exact) mass is 488 g/mol. The molecule has 9 heteroatoms. The number of carbonyl (C=O) groups is 1. The van der Waals surface area contributed by atoms with Crippen molar-refractivity contribution >= 4 is 39.8 Å². The van der Waals surface area contributed by atoms with Gasteiger partial charge in [-0.1, -0.05) is 11.6 Å². The lowest BCUT2D eigenvalue weighted by molar-refractivity contribution is -0.119. The van der Waals surface area contributed by atoms with Crippen molar-refractivity contribution in [1.82, 2.24) is 9.88 Å². The average molecular weight is 489 g/mol. The average Bonchev–Trinajstić information content (AvgIpc) is 3.35. The number of nitrogens with zero attached hydrogens (tertiary/aromatic N) is 3. The molecule has 34 heavy (non-hydrogen) atoms. The summed E-state index contributed by atoms with van der Waals surface area (Å²) in [6, 6.07) is 5.90. The largest absolute Gasteiger partial charge is 0.389 e. The molecule has 1 aromatic heterocycles. The molecule has 3 saturated heterocycles. The van der Waals surface area contributed by atoms with Crippen molar-refractivity contribution in [3.05, 3.63) is 29.4 Å². The van der Waals surface area contributed by atoms with Crippen molar-refractivity contribution in [2.45, 2.75) is 44.4 Å². The summed E-state index contributed by atoms with van der Waals surface area (Å²) >= 11 is 6.66. The minimum absolute atomic E-state index is 0.0608. The van der Waals surface area contributed by atoms with E-state index in [4.69, 9.17) is 21.1 Å². The first-order valence-corrected chi connectivity index (χ1v) is 12.3. The molecule has 0 radical (unpaired) electrons. The van der Waals surface area contributed by atoms with E-state index in [1.54, 1.807) is 6.20 Å². The number of halogens is 1. The fraction of sp³-hybridized carbons (Fsp3) is 0.600. The highest BCUT2D eigenvalue weighted by Crippen LogP contribution is 2.35. The maximum Gasteiger partial charge on any atom is 0.231 e. The number of nitrogens with one attached hydrogen (secondary N) is 1. The number of hydrogen-bond acceptors (Lipinski definition) is 7. The highest BCUT2D eigenvalue weighted by molar-refractivity contribution is 6.34. The second-order valence-electron chi connectivity index (χ2n) is 10.5. The molecule has 2 aromatic rings. The lowest BCUT2D eigenvalue weighted by atomic mass is 9.95. The zero-order valence-electron chi connectivity index (χ0n) is 20.0. The molecule has 0 bridgehead atoms. The number of aliphatic hydroxyl groups excluding tert-OH is 1. The smallest absolute Gasteiger partial charge is 0.231 e. The lowest BCUT2D eigenvalue weighted by Crippen LogP contribution is -2.60. The molecule has 1 unspecified atom stereocenters. The van der Waals surface area contributed by atoms with E-state index >= 15 is 0 Å². The van der Waals surface area contributed by atoms with Crippen LogP contribution in [0.3, 0.4) is 0 Å². The minimum Gasteiger partial charge on any atom is -0.389 e. The first-order valence-electron chi connectivity index (χ1n) is 11.9. The second-order valence-corrected chi connectivity index (χ2v) is 11.0. The van der Waals surface area contributed by atoms with Crippen molar-refractivity contribution in [3.63, 3.8) is 0 Å². The SMILES string of the molecule is CC1(C)CC(C(=O)Nc2cc3cc(N4CCN([C@@]5(C)COC[C@H]5O)CC4)c(Cl)cc3cn2)CO1. The number of hydrogen-bond donors (Lipinski definition) is 2. The lowest BCUT2D eigenvalue weighted by Gasteiger charge is -2.45. The maximum atomic E-state index is 12.7. The highest BCUT2D eigenvalue weighted by Gasteiger charge is 2.44. The van der Waals surface area contributed by atoms with Crippen LogP contribution >= 0.6 is 11.6 Å². The fourth-order valence-corrected chi connectivity index (χ4v) is 5.60. The fourth-order valence-electron chi connectivity index (χ4n) is 5.31. The molecule has 3 fully saturated rings. The highest BCUT2D eigenvalue weighted by atomic mass is 35.5. The standard InChI is InChI=1S/C25H33ClN4O4/c1-24(2)11-18(13-34-24)23(32)28-22-10-16-9-20(19(26)8-17(16)12-27-22)29-4-6-30(7-5-29)25(3)15-33-14-21(25)31/h8-10,12,18,21,31H,4-7,11,13-15H2,1-3H3,(H,27,28,32)/t18?,21-,25+/m1/s1. The predicted molar refractivity (Wildman–Crippen MR) is 133 cm³/mol. The van der Waals surface area contributed by atoms with Gasteiger partial charge < -0.3 is 24.8 Å². The summed E-state index contributed by atoms with van der Waals surface area (Å²) in [5, 5.41) is 15.9. The Morgan fingerprint density at radius 3 is 2.56 bits per heavy atom. The van der Waals surface area contributed by atoms with E-state index in [0.29, 0.717) is 37.1 Å². The molecular weight excluding hydrogens is 456 g/mol. The molecule has 3 atom stereocenters. The van der Waals surface area contributed by atoms with E-state index in [1.807, 2.05) is 26.0 Å². The Bertz CT molecular complexity index is 1090. The third-order valence-electron chi connectivity index (χ3n) is 7.55. The molecule has 0 spiro atoms. The van der Waals surface area contributed by atoms with Gasteiger partial charge in [0.2, 0.25) is 5.91 Å². The molecule has 2 N–H and O–H groups in total. The molecule has 0 aliphatic carbocycles. The van der Waals surface area contributed by atoms with E-state index in [-0.39, 0.29) is 23.0 Å². The van der Waals surface area contributed by atoms with Gasteiger partial charge in [0.05, 0.1) is 53.7 Å². The number of aliphatic hydroxyl groups is 1. The molecular formula is C25H33ClN4O4. The van der Waals surface area contributed by atoms with Gasteiger partial charge in [-0.2, -0.15) is 0 Å². The number of piperazine rings is 1. The van der Waals surface area contributed by atoms with Crippen LogP contribution in [0.4, 0.5) is 11.5 Å². The van der Waals surface area contributed by atoms with Crippen LogP contribution in [0.15, 0.2) is 24.4 Å². The Morgan fingerprint density at radius 2 is 1.91 bits per heavy atom. The third kappa shape index (κ3) is 4.50. The second kappa shape index (κ2) is 8.91. The number of benzene rings is 1. The number of amides is 1. The van der Waals surface area contributed by atoms with Crippen molar-refractivity contribution in [3.8, 4) is 0 Å². The zero-order chi connectivity index (χ0) is 24.1. The van der Waals surface area contributed by atoms with Gasteiger partial charge in [0.25, 0.3) is 0 Å². The van der Waals surface area contributed by atoms with Crippen LogP contribution in [0.1, 0.15) is 27.2 Å². The molecule has 3 aliphatic rings. The summed E-state index contributed by atoms with van der Waals surface area (Å²) in [7, 11) is 0. The Kier molecular flexibility index (Phi) is 6.23. The van der Waals surface area contributed by atoms with Gasteiger partial charge in [-0.05, 0) is 50.8 Å².